The SMILES string of the molecule is Cc1c(Cl)cccc1NC(=O)/C(C#N)=C\c1ccccc1OCc1cccc2ccccc12. The van der Waals surface area contributed by atoms with Crippen molar-refractivity contribution in [3.63, 3.8) is 0 Å². The van der Waals surface area contributed by atoms with Gasteiger partial charge in [0.15, 0.2) is 0 Å². The lowest BCUT2D eigenvalue weighted by Crippen LogP contribution is -2.14. The molecule has 0 radical (unpaired) electrons. The summed E-state index contributed by atoms with van der Waals surface area (Å²) in [5, 5.41) is 15.2. The molecule has 4 nitrogen and oxygen atoms in total. The molecule has 4 aromatic rings. The lowest BCUT2D eigenvalue weighted by atomic mass is 10.1. The van der Waals surface area contributed by atoms with E-state index in [-0.39, 0.29) is 5.57 Å². The molecule has 33 heavy (non-hydrogen) atoms. The Balaban J connectivity index is 1.57. The van der Waals surface area contributed by atoms with Crippen LogP contribution in [0.3, 0.4) is 0 Å². The van der Waals surface area contributed by atoms with E-state index in [1.807, 2.05) is 61.5 Å². The minimum atomic E-state index is -0.508. The number of benzene rings is 4. The number of amides is 1. The number of carbonyl (C=O) groups is 1. The molecule has 0 aliphatic rings. The summed E-state index contributed by atoms with van der Waals surface area (Å²) in [4.78, 5) is 12.8. The maximum absolute atomic E-state index is 12.8. The van der Waals surface area contributed by atoms with Crippen molar-refractivity contribution in [2.45, 2.75) is 13.5 Å². The topological polar surface area (TPSA) is 62.1 Å². The molecule has 0 fully saturated rings. The van der Waals surface area contributed by atoms with Crippen molar-refractivity contribution < 1.29 is 9.53 Å². The van der Waals surface area contributed by atoms with Crippen molar-refractivity contribution >= 4 is 40.0 Å². The van der Waals surface area contributed by atoms with E-state index in [2.05, 4.69) is 23.5 Å². The molecule has 0 aliphatic heterocycles. The Bertz CT molecular complexity index is 1400. The van der Waals surface area contributed by atoms with E-state index >= 15 is 0 Å². The molecule has 4 rings (SSSR count). The average Bonchev–Trinajstić information content (AvgIpc) is 2.84. The monoisotopic (exact) mass is 452 g/mol. The Labute approximate surface area is 197 Å². The van der Waals surface area contributed by atoms with Gasteiger partial charge in [0, 0.05) is 16.3 Å². The average molecular weight is 453 g/mol. The molecule has 0 spiro atoms. The van der Waals surface area contributed by atoms with Gasteiger partial charge in [0.25, 0.3) is 5.91 Å². The number of ether oxygens (including phenoxy) is 1. The maximum Gasteiger partial charge on any atom is 0.266 e. The van der Waals surface area contributed by atoms with Crippen LogP contribution >= 0.6 is 11.6 Å². The van der Waals surface area contributed by atoms with Crippen molar-refractivity contribution in [1.82, 2.24) is 0 Å². The number of anilines is 1. The first kappa shape index (κ1) is 22.1. The van der Waals surface area contributed by atoms with Gasteiger partial charge in [-0.3, -0.25) is 4.79 Å². The van der Waals surface area contributed by atoms with E-state index in [0.717, 1.165) is 21.9 Å². The molecular formula is C28H21ClN2O2. The highest BCUT2D eigenvalue weighted by Crippen LogP contribution is 2.26. The van der Waals surface area contributed by atoms with Crippen LogP contribution in [0.25, 0.3) is 16.8 Å². The van der Waals surface area contributed by atoms with Gasteiger partial charge in [-0.15, -0.1) is 0 Å². The first-order valence-electron chi connectivity index (χ1n) is 10.4. The van der Waals surface area contributed by atoms with Gasteiger partial charge < -0.3 is 10.1 Å². The van der Waals surface area contributed by atoms with E-state index in [4.69, 9.17) is 16.3 Å². The van der Waals surface area contributed by atoms with Gasteiger partial charge in [-0.05, 0) is 53.1 Å². The summed E-state index contributed by atoms with van der Waals surface area (Å²) in [6, 6.07) is 28.8. The molecule has 4 aromatic carbocycles. The first-order chi connectivity index (χ1) is 16.1. The van der Waals surface area contributed by atoms with E-state index in [1.165, 1.54) is 6.08 Å². The summed E-state index contributed by atoms with van der Waals surface area (Å²) in [5.74, 6) is 0.0802. The fourth-order valence-electron chi connectivity index (χ4n) is 3.54. The van der Waals surface area contributed by atoms with Crippen molar-refractivity contribution in [2.24, 2.45) is 0 Å². The van der Waals surface area contributed by atoms with Crippen molar-refractivity contribution in [2.75, 3.05) is 5.32 Å². The number of fused-ring (bicyclic) bond motifs is 1. The third kappa shape index (κ3) is 5.06. The summed E-state index contributed by atoms with van der Waals surface area (Å²) in [6.07, 6.45) is 1.54. The lowest BCUT2D eigenvalue weighted by Gasteiger charge is -2.12. The second-order valence-electron chi connectivity index (χ2n) is 7.50. The maximum atomic E-state index is 12.8. The second kappa shape index (κ2) is 10.0. The third-order valence-corrected chi connectivity index (χ3v) is 5.77. The summed E-state index contributed by atoms with van der Waals surface area (Å²) in [5.41, 5.74) is 2.97. The summed E-state index contributed by atoms with van der Waals surface area (Å²) >= 11 is 6.14. The summed E-state index contributed by atoms with van der Waals surface area (Å²) < 4.78 is 6.11. The molecule has 0 unspecified atom stereocenters. The molecule has 162 valence electrons. The van der Waals surface area contributed by atoms with Crippen LogP contribution in [-0.2, 0) is 11.4 Å². The highest BCUT2D eigenvalue weighted by molar-refractivity contribution is 6.31. The predicted molar refractivity (Wildman–Crippen MR) is 133 cm³/mol. The van der Waals surface area contributed by atoms with Gasteiger partial charge in [0.2, 0.25) is 0 Å². The van der Waals surface area contributed by atoms with Crippen molar-refractivity contribution in [3.8, 4) is 11.8 Å². The summed E-state index contributed by atoms with van der Waals surface area (Å²) in [6.45, 7) is 2.17. The van der Waals surface area contributed by atoms with Crippen LogP contribution < -0.4 is 10.1 Å². The van der Waals surface area contributed by atoms with Crippen LogP contribution in [-0.4, -0.2) is 5.91 Å². The molecule has 0 atom stereocenters. The van der Waals surface area contributed by atoms with E-state index < -0.39 is 5.91 Å². The number of para-hydroxylation sites is 1. The number of nitrogens with zero attached hydrogens (tertiary/aromatic N) is 1. The quantitative estimate of drug-likeness (QED) is 0.255. The lowest BCUT2D eigenvalue weighted by molar-refractivity contribution is -0.112. The molecule has 0 heterocycles. The number of nitrogens with one attached hydrogen (secondary N) is 1. The smallest absolute Gasteiger partial charge is 0.266 e. The fourth-order valence-corrected chi connectivity index (χ4v) is 3.72. The number of nitriles is 1. The minimum absolute atomic E-state index is 0.0319. The van der Waals surface area contributed by atoms with Crippen LogP contribution in [0.15, 0.2) is 90.5 Å². The van der Waals surface area contributed by atoms with Gasteiger partial charge in [-0.1, -0.05) is 78.3 Å². The van der Waals surface area contributed by atoms with E-state index in [0.29, 0.717) is 28.6 Å². The molecule has 0 bridgehead atoms. The third-order valence-electron chi connectivity index (χ3n) is 5.36. The van der Waals surface area contributed by atoms with Gasteiger partial charge in [-0.2, -0.15) is 5.26 Å². The first-order valence-corrected chi connectivity index (χ1v) is 10.8. The van der Waals surface area contributed by atoms with Gasteiger partial charge in [0.1, 0.15) is 24.0 Å². The minimum Gasteiger partial charge on any atom is -0.488 e. The molecule has 0 aromatic heterocycles. The van der Waals surface area contributed by atoms with Crippen LogP contribution in [0.4, 0.5) is 5.69 Å². The zero-order valence-electron chi connectivity index (χ0n) is 18.0. The highest BCUT2D eigenvalue weighted by atomic mass is 35.5. The van der Waals surface area contributed by atoms with Gasteiger partial charge in [-0.25, -0.2) is 0 Å². The molecular weight excluding hydrogens is 432 g/mol. The number of halogens is 1. The predicted octanol–water partition coefficient (Wildman–Crippen LogP) is 6.93. The Kier molecular flexibility index (Phi) is 6.73. The van der Waals surface area contributed by atoms with Crippen LogP contribution in [0.1, 0.15) is 16.7 Å². The van der Waals surface area contributed by atoms with Gasteiger partial charge in [0.05, 0.1) is 0 Å². The van der Waals surface area contributed by atoms with Crippen LogP contribution in [0.5, 0.6) is 5.75 Å². The second-order valence-corrected chi connectivity index (χ2v) is 7.91. The molecule has 5 heteroatoms. The highest BCUT2D eigenvalue weighted by Gasteiger charge is 2.13. The van der Waals surface area contributed by atoms with Crippen molar-refractivity contribution in [1.29, 1.82) is 5.26 Å². The van der Waals surface area contributed by atoms with Crippen LogP contribution in [0, 0.1) is 18.3 Å². The zero-order valence-corrected chi connectivity index (χ0v) is 18.8. The molecule has 1 N–H and O–H groups in total. The zero-order chi connectivity index (χ0) is 23.2. The standard InChI is InChI=1S/C28H21ClN2O2/c1-19-25(29)13-7-14-26(19)31-28(32)23(17-30)16-21-9-3-5-15-27(21)33-18-22-11-6-10-20-8-2-4-12-24(20)22/h2-16H,18H2,1H3,(H,31,32)/b23-16-. The largest absolute Gasteiger partial charge is 0.488 e. The Morgan fingerprint density at radius 3 is 2.58 bits per heavy atom. The molecule has 0 saturated carbocycles. The van der Waals surface area contributed by atoms with Crippen molar-refractivity contribution in [3.05, 3.63) is 112 Å². The molecule has 1 amide bonds. The van der Waals surface area contributed by atoms with E-state index in [9.17, 15) is 10.1 Å². The number of hydrogen-bond donors (Lipinski definition) is 1. The Hall–Kier alpha value is -4.07. The molecule has 0 aliphatic carbocycles. The Morgan fingerprint density at radius 2 is 1.73 bits per heavy atom. The van der Waals surface area contributed by atoms with E-state index in [1.54, 1.807) is 18.2 Å². The van der Waals surface area contributed by atoms with Crippen LogP contribution in [0.2, 0.25) is 5.02 Å². The number of rotatable bonds is 6. The van der Waals surface area contributed by atoms with Gasteiger partial charge >= 0.3 is 0 Å². The Morgan fingerprint density at radius 1 is 1.00 bits per heavy atom. The summed E-state index contributed by atoms with van der Waals surface area (Å²) in [7, 11) is 0. The number of hydrogen-bond acceptors (Lipinski definition) is 3. The number of carbonyl (C=O) groups excluding carboxylic acids is 1. The molecule has 0 saturated heterocycles. The normalized spacial score (nSPS) is 11.1. The fraction of sp³-hybridized carbons (Fsp3) is 0.0714.